The Kier molecular flexibility index (Phi) is 17.1. The van der Waals surface area contributed by atoms with Crippen LogP contribution in [0.15, 0.2) is 124 Å². The Morgan fingerprint density at radius 2 is 0.971 bits per heavy atom. The average Bonchev–Trinajstić information content (AvgIpc) is 4.21. The summed E-state index contributed by atoms with van der Waals surface area (Å²) >= 11 is 25.1. The van der Waals surface area contributed by atoms with Crippen LogP contribution in [0.4, 0.5) is 17.1 Å². The molecule has 0 saturated carbocycles. The second-order valence-electron chi connectivity index (χ2n) is 14.5. The minimum atomic E-state index is -1.11. The molecule has 3 aliphatic heterocycles. The molecule has 6 heterocycles. The number of thiocarbonyl (C=S) groups is 3. The van der Waals surface area contributed by atoms with Crippen LogP contribution < -0.4 is 4.90 Å². The normalized spacial score (nSPS) is 16.2. The molecule has 0 aliphatic carbocycles. The number of hydrogen-bond donors (Lipinski definition) is 1. The summed E-state index contributed by atoms with van der Waals surface area (Å²) in [5, 5.41) is 9.21. The fourth-order valence-electron chi connectivity index (χ4n) is 6.86. The third-order valence-corrected chi connectivity index (χ3v) is 17.7. The highest BCUT2D eigenvalue weighted by molar-refractivity contribution is 8.27. The van der Waals surface area contributed by atoms with E-state index in [1.54, 1.807) is 58.9 Å². The van der Waals surface area contributed by atoms with Gasteiger partial charge in [-0.2, -0.15) is 19.2 Å². The molecule has 0 bridgehead atoms. The lowest BCUT2D eigenvalue weighted by Gasteiger charge is -2.26. The molecule has 3 aliphatic rings. The maximum atomic E-state index is 12.9. The highest BCUT2D eigenvalue weighted by Crippen LogP contribution is 2.42. The van der Waals surface area contributed by atoms with Crippen LogP contribution in [-0.2, 0) is 33.6 Å². The second kappa shape index (κ2) is 23.1. The number of anilines is 3. The van der Waals surface area contributed by atoms with Gasteiger partial charge in [-0.25, -0.2) is 0 Å². The zero-order valence-corrected chi connectivity index (χ0v) is 43.2. The highest BCUT2D eigenvalue weighted by Gasteiger charge is 2.33. The van der Waals surface area contributed by atoms with E-state index in [1.165, 1.54) is 31.3 Å². The standard InChI is InChI=1S/C46H32N4O4S9.2CO2/c1-47-24-35(61-44(47)55)21-32-15-18-36(58-32)26-3-9-29(10-4-26)50(30-11-5-27(6-12-30)37-19-16-33(59-37)22-39-42(53)48(2)45(56)62-39)31-13-7-28(8-14-31)38-20-17-34(60-38)23-40-43(54)49(25-41(51)52)46(57)63-40;2*2-1-3/h3-23H,24-25H2,1-2H3,(H,51,52);;/b35-21+,39-22-,40-23+;;. The predicted molar refractivity (Wildman–Crippen MR) is 290 cm³/mol. The molecule has 6 aromatic rings. The molecule has 0 spiro atoms. The Balaban J connectivity index is 0.00000112. The van der Waals surface area contributed by atoms with E-state index < -0.39 is 18.4 Å². The fourth-order valence-corrected chi connectivity index (χ4v) is 13.7. The molecule has 0 atom stereocenters. The molecule has 9 rings (SSSR count). The number of carbonyl (C=O) groups excluding carboxylic acids is 6. The summed E-state index contributed by atoms with van der Waals surface area (Å²) in [5.74, 6) is -1.58. The first kappa shape index (κ1) is 50.9. The first-order valence-corrected chi connectivity index (χ1v) is 26.0. The summed E-state index contributed by atoms with van der Waals surface area (Å²) in [6.07, 6.45) is 6.41. The third kappa shape index (κ3) is 12.3. The number of amides is 2. The molecule has 2 amide bonds. The van der Waals surface area contributed by atoms with E-state index in [1.807, 2.05) is 31.3 Å². The van der Waals surface area contributed by atoms with Crippen LogP contribution in [0.1, 0.15) is 14.6 Å². The number of carboxylic acids is 1. The number of thiophene rings is 3. The molecule has 0 unspecified atom stereocenters. The first-order valence-electron chi connectivity index (χ1n) is 19.9. The number of rotatable bonds is 11. The smallest absolute Gasteiger partial charge is 0.373 e. The maximum Gasteiger partial charge on any atom is 0.373 e. The van der Waals surface area contributed by atoms with Crippen molar-refractivity contribution in [2.24, 2.45) is 0 Å². The Labute approximate surface area is 436 Å². The molecule has 21 heteroatoms. The van der Waals surface area contributed by atoms with Gasteiger partial charge in [0, 0.05) is 65.3 Å². The van der Waals surface area contributed by atoms with Gasteiger partial charge in [0.25, 0.3) is 11.8 Å². The van der Waals surface area contributed by atoms with Crippen molar-refractivity contribution >= 4 is 184 Å². The SMILES string of the molecule is CN1C/C(=C\c2ccc(-c3ccc(N(c4ccc(-c5ccc(/C=C6\SC(=S)N(C)C6=O)s5)cc4)c4ccc(-c5ccc(/C=C6/SC(=S)N(CC(=O)O)C6=O)s5)cc4)cc3)s2)SC1=S.O=C=O.O=C=O. The van der Waals surface area contributed by atoms with Crippen molar-refractivity contribution in [3.63, 3.8) is 0 Å². The number of carboxylic acid groups (broad SMARTS) is 1. The zero-order chi connectivity index (χ0) is 49.4. The number of benzene rings is 3. The van der Waals surface area contributed by atoms with Gasteiger partial charge in [0.05, 0.1) is 16.4 Å². The minimum absolute atomic E-state index is 0.0764. The minimum Gasteiger partial charge on any atom is -0.480 e. The maximum absolute atomic E-state index is 12.9. The van der Waals surface area contributed by atoms with Gasteiger partial charge in [0.2, 0.25) is 0 Å². The average molecular weight is 1080 g/mol. The molecule has 12 nitrogen and oxygen atoms in total. The lowest BCUT2D eigenvalue weighted by molar-refractivity contribution is -0.193. The number of aliphatic carboxylic acids is 1. The van der Waals surface area contributed by atoms with Gasteiger partial charge in [-0.3, -0.25) is 24.2 Å². The number of likely N-dealkylation sites (N-methyl/N-ethyl adjacent to an activating group) is 2. The molecule has 3 aromatic carbocycles. The van der Waals surface area contributed by atoms with Crippen molar-refractivity contribution in [3.8, 4) is 31.3 Å². The largest absolute Gasteiger partial charge is 0.480 e. The lowest BCUT2D eigenvalue weighted by Crippen LogP contribution is -2.33. The molecular formula is C48H32N4O8S9. The molecular weight excluding hydrogens is 1050 g/mol. The number of thioether (sulfide) groups is 3. The topological polar surface area (TPSA) is 153 Å². The molecule has 3 saturated heterocycles. The van der Waals surface area contributed by atoms with Crippen molar-refractivity contribution < 1.29 is 38.7 Å². The molecule has 3 aromatic heterocycles. The summed E-state index contributed by atoms with van der Waals surface area (Å²) < 4.78 is 1.70. The quantitative estimate of drug-likeness (QED) is 0.0966. The van der Waals surface area contributed by atoms with Crippen LogP contribution in [0.5, 0.6) is 0 Å². The summed E-state index contributed by atoms with van der Waals surface area (Å²) in [5.41, 5.74) is 6.20. The van der Waals surface area contributed by atoms with E-state index in [2.05, 4.69) is 107 Å². The molecule has 69 heavy (non-hydrogen) atoms. The second-order valence-corrected chi connectivity index (χ2v) is 22.9. The van der Waals surface area contributed by atoms with Crippen molar-refractivity contribution in [2.75, 3.05) is 32.1 Å². The van der Waals surface area contributed by atoms with Crippen LogP contribution in [-0.4, -0.2) is 90.0 Å². The van der Waals surface area contributed by atoms with Gasteiger partial charge in [-0.1, -0.05) is 108 Å². The lowest BCUT2D eigenvalue weighted by atomic mass is 10.1. The molecule has 1 N–H and O–H groups in total. The zero-order valence-electron chi connectivity index (χ0n) is 35.8. The van der Waals surface area contributed by atoms with E-state index in [9.17, 15) is 19.5 Å². The monoisotopic (exact) mass is 1080 g/mol. The van der Waals surface area contributed by atoms with Crippen molar-refractivity contribution in [1.29, 1.82) is 0 Å². The van der Waals surface area contributed by atoms with Gasteiger partial charge < -0.3 is 14.9 Å². The van der Waals surface area contributed by atoms with E-state index in [0.717, 1.165) is 80.8 Å². The van der Waals surface area contributed by atoms with E-state index in [0.29, 0.717) is 14.1 Å². The molecule has 0 radical (unpaired) electrons. The van der Waals surface area contributed by atoms with Crippen molar-refractivity contribution in [1.82, 2.24) is 14.7 Å². The van der Waals surface area contributed by atoms with Gasteiger partial charge in [-0.15, -0.1) is 34.0 Å². The Morgan fingerprint density at radius 3 is 1.33 bits per heavy atom. The summed E-state index contributed by atoms with van der Waals surface area (Å²) in [6, 6.07) is 38.0. The number of hydrogen-bond acceptors (Lipinski definition) is 17. The van der Waals surface area contributed by atoms with E-state index >= 15 is 0 Å². The van der Waals surface area contributed by atoms with Crippen molar-refractivity contribution in [3.05, 3.63) is 139 Å². The van der Waals surface area contributed by atoms with Gasteiger partial charge in [0.15, 0.2) is 0 Å². The fraction of sp³-hybridized carbons (Fsp3) is 0.0833. The summed E-state index contributed by atoms with van der Waals surface area (Å²) in [6.45, 7) is 0.383. The highest BCUT2D eigenvalue weighted by atomic mass is 32.2. The summed E-state index contributed by atoms with van der Waals surface area (Å²) in [7, 11) is 3.73. The molecule has 346 valence electrons. The number of carbonyl (C=O) groups is 3. The van der Waals surface area contributed by atoms with Gasteiger partial charge >= 0.3 is 18.3 Å². The van der Waals surface area contributed by atoms with Crippen molar-refractivity contribution in [2.45, 2.75) is 0 Å². The van der Waals surface area contributed by atoms with Crippen LogP contribution >= 0.6 is 106 Å². The van der Waals surface area contributed by atoms with Crippen LogP contribution in [0.2, 0.25) is 0 Å². The van der Waals surface area contributed by atoms with Gasteiger partial charge in [-0.05, 0) is 108 Å². The Bertz CT molecular complexity index is 3150. The van der Waals surface area contributed by atoms with E-state index in [-0.39, 0.29) is 22.5 Å². The van der Waals surface area contributed by atoms with Crippen LogP contribution in [0, 0.1) is 0 Å². The Hall–Kier alpha value is -5.93. The van der Waals surface area contributed by atoms with Crippen LogP contribution in [0.3, 0.4) is 0 Å². The number of nitrogens with zero attached hydrogens (tertiary/aromatic N) is 4. The Morgan fingerprint density at radius 1 is 0.580 bits per heavy atom. The van der Waals surface area contributed by atoms with Crippen LogP contribution in [0.25, 0.3) is 49.5 Å². The van der Waals surface area contributed by atoms with E-state index in [4.69, 9.17) is 55.8 Å². The van der Waals surface area contributed by atoms with Gasteiger partial charge in [0.1, 0.15) is 19.5 Å². The predicted octanol–water partition coefficient (Wildman–Crippen LogP) is 11.6. The summed E-state index contributed by atoms with van der Waals surface area (Å²) in [4.78, 5) is 84.8. The first-order chi connectivity index (χ1) is 33.2. The molecule has 3 fully saturated rings. The third-order valence-electron chi connectivity index (χ3n) is 10.0.